The highest BCUT2D eigenvalue weighted by atomic mass is 32.1. The number of aromatic nitrogens is 6. The third kappa shape index (κ3) is 5.96. The number of fused-ring (bicyclic) bond motifs is 1. The Morgan fingerprint density at radius 1 is 1.04 bits per heavy atom. The predicted molar refractivity (Wildman–Crippen MR) is 181 cm³/mol. The largest absolute Gasteiger partial charge is 0.382 e. The first-order chi connectivity index (χ1) is 22.4. The summed E-state index contributed by atoms with van der Waals surface area (Å²) in [5.41, 5.74) is 8.81. The number of carbonyl (C=O) groups is 2. The zero-order valence-corrected chi connectivity index (χ0v) is 27.7. The summed E-state index contributed by atoms with van der Waals surface area (Å²) in [7, 11) is 0. The van der Waals surface area contributed by atoms with Gasteiger partial charge in [-0.1, -0.05) is 26.0 Å². The first kappa shape index (κ1) is 31.9. The number of amides is 2. The van der Waals surface area contributed by atoms with E-state index in [1.165, 1.54) is 34.6 Å². The minimum absolute atomic E-state index is 0.0332. The van der Waals surface area contributed by atoms with Crippen LogP contribution >= 0.6 is 11.3 Å². The van der Waals surface area contributed by atoms with Crippen LogP contribution in [0, 0.1) is 12.8 Å². The van der Waals surface area contributed by atoms with Gasteiger partial charge >= 0.3 is 5.69 Å². The second-order valence-electron chi connectivity index (χ2n) is 12.4. The number of nitrogen functional groups attached to an aromatic ring is 1. The van der Waals surface area contributed by atoms with Crippen molar-refractivity contribution >= 4 is 40.2 Å². The van der Waals surface area contributed by atoms with Crippen LogP contribution < -0.4 is 22.3 Å². The first-order valence-electron chi connectivity index (χ1n) is 15.6. The van der Waals surface area contributed by atoms with Crippen LogP contribution in [-0.2, 0) is 4.79 Å². The lowest BCUT2D eigenvalue weighted by Gasteiger charge is -2.33. The van der Waals surface area contributed by atoms with Gasteiger partial charge in [0, 0.05) is 54.1 Å². The van der Waals surface area contributed by atoms with E-state index in [4.69, 9.17) is 5.73 Å². The van der Waals surface area contributed by atoms with Crippen LogP contribution in [0.1, 0.15) is 73.6 Å². The van der Waals surface area contributed by atoms with E-state index in [1.54, 1.807) is 32.9 Å². The topological polar surface area (TPSA) is 163 Å². The Hall–Kier alpha value is -5.11. The molecule has 0 atom stereocenters. The summed E-state index contributed by atoms with van der Waals surface area (Å²) in [5, 5.41) is 8.38. The van der Waals surface area contributed by atoms with Gasteiger partial charge in [0.25, 0.3) is 11.5 Å². The standard InChI is InChI=1S/C33H37N9O4S/c1-18(2)31(44)39-12-10-22(11-13-39)26-14-24(28-29(34)36-17-37-42(26)28)21-6-8-23(9-7-21)38-30(43)25-16-40(19(3)4)33(46)41(32(25)45)27-15-35-20(5)47-27/h6-9,14-19,22H,10-13H2,1-5H3,(H,38,43)(H2,34,36,37). The molecule has 1 saturated heterocycles. The molecule has 3 N–H and O–H groups in total. The Morgan fingerprint density at radius 3 is 2.36 bits per heavy atom. The molecular weight excluding hydrogens is 618 g/mol. The number of hydrogen-bond acceptors (Lipinski definition) is 9. The number of rotatable bonds is 7. The number of carbonyl (C=O) groups excluding carboxylic acids is 2. The molecule has 47 heavy (non-hydrogen) atoms. The van der Waals surface area contributed by atoms with E-state index in [0.717, 1.165) is 34.2 Å². The smallest absolute Gasteiger partial charge is 0.336 e. The molecule has 5 aromatic rings. The molecular formula is C33H37N9O4S. The van der Waals surface area contributed by atoms with Gasteiger partial charge in [0.2, 0.25) is 5.91 Å². The number of nitrogens with zero attached hydrogens (tertiary/aromatic N) is 7. The minimum atomic E-state index is -0.715. The Morgan fingerprint density at radius 2 is 1.74 bits per heavy atom. The van der Waals surface area contributed by atoms with Crippen molar-refractivity contribution in [1.29, 1.82) is 0 Å². The molecule has 13 nitrogen and oxygen atoms in total. The first-order valence-corrected chi connectivity index (χ1v) is 16.4. The fourth-order valence-electron chi connectivity index (χ4n) is 6.04. The van der Waals surface area contributed by atoms with Crippen LogP contribution in [-0.4, -0.2) is 58.5 Å². The van der Waals surface area contributed by atoms with Gasteiger partial charge in [-0.15, -0.1) is 11.3 Å². The summed E-state index contributed by atoms with van der Waals surface area (Å²) in [6, 6.07) is 9.00. The van der Waals surface area contributed by atoms with E-state index in [-0.39, 0.29) is 29.3 Å². The van der Waals surface area contributed by atoms with Crippen molar-refractivity contribution in [2.24, 2.45) is 5.92 Å². The molecule has 5 heterocycles. The molecule has 1 aliphatic heterocycles. The highest BCUT2D eigenvalue weighted by molar-refractivity contribution is 7.14. The molecule has 244 valence electrons. The van der Waals surface area contributed by atoms with Crippen molar-refractivity contribution in [2.45, 2.75) is 59.4 Å². The van der Waals surface area contributed by atoms with Crippen molar-refractivity contribution in [3.63, 3.8) is 0 Å². The van der Waals surface area contributed by atoms with Crippen molar-refractivity contribution in [3.05, 3.63) is 86.2 Å². The minimum Gasteiger partial charge on any atom is -0.382 e. The number of hydrogen-bond donors (Lipinski definition) is 2. The van der Waals surface area contributed by atoms with Crippen molar-refractivity contribution < 1.29 is 9.59 Å². The van der Waals surface area contributed by atoms with Gasteiger partial charge in [-0.2, -0.15) is 5.10 Å². The van der Waals surface area contributed by atoms with E-state index in [0.29, 0.717) is 40.1 Å². The van der Waals surface area contributed by atoms with Crippen molar-refractivity contribution in [3.8, 4) is 16.1 Å². The maximum Gasteiger partial charge on any atom is 0.336 e. The Bertz CT molecular complexity index is 2100. The molecule has 1 aliphatic rings. The number of anilines is 2. The molecule has 0 bridgehead atoms. The van der Waals surface area contributed by atoms with Gasteiger partial charge in [0.15, 0.2) is 5.82 Å². The number of aryl methyl sites for hydroxylation is 1. The van der Waals surface area contributed by atoms with E-state index < -0.39 is 17.2 Å². The quantitative estimate of drug-likeness (QED) is 0.263. The van der Waals surface area contributed by atoms with E-state index in [1.807, 2.05) is 35.4 Å². The average Bonchev–Trinajstić information content (AvgIpc) is 3.65. The summed E-state index contributed by atoms with van der Waals surface area (Å²) < 4.78 is 4.21. The summed E-state index contributed by atoms with van der Waals surface area (Å²) in [6.45, 7) is 10.6. The summed E-state index contributed by atoms with van der Waals surface area (Å²) in [6.07, 6.45) is 5.84. The van der Waals surface area contributed by atoms with E-state index >= 15 is 0 Å². The molecule has 0 aliphatic carbocycles. The molecule has 0 spiro atoms. The lowest BCUT2D eigenvalue weighted by atomic mass is 9.92. The number of benzene rings is 1. The Balaban J connectivity index is 1.28. The summed E-state index contributed by atoms with van der Waals surface area (Å²) in [4.78, 5) is 62.9. The average molecular weight is 656 g/mol. The number of piperidine rings is 1. The van der Waals surface area contributed by atoms with Gasteiger partial charge in [-0.3, -0.25) is 19.0 Å². The van der Waals surface area contributed by atoms with Crippen LogP contribution in [0.4, 0.5) is 11.5 Å². The normalized spacial score (nSPS) is 14.0. The third-order valence-corrected chi connectivity index (χ3v) is 9.43. The fraction of sp³-hybridized carbons (Fsp3) is 0.364. The number of likely N-dealkylation sites (tertiary alicyclic amines) is 1. The van der Waals surface area contributed by atoms with Crippen LogP contribution in [0.5, 0.6) is 0 Å². The van der Waals surface area contributed by atoms with Gasteiger partial charge in [-0.05, 0) is 57.4 Å². The van der Waals surface area contributed by atoms with Crippen LogP contribution in [0.3, 0.4) is 0 Å². The SMILES string of the molecule is Cc1ncc(-n2c(=O)c(C(=O)Nc3ccc(-c4cc(C5CCN(C(=O)C(C)C)CC5)n5ncnc(N)c45)cc3)cn(C(C)C)c2=O)s1. The Kier molecular flexibility index (Phi) is 8.53. The predicted octanol–water partition coefficient (Wildman–Crippen LogP) is 4.25. The van der Waals surface area contributed by atoms with Gasteiger partial charge in [0.05, 0.1) is 11.2 Å². The molecule has 0 radical (unpaired) electrons. The van der Waals surface area contributed by atoms with Gasteiger partial charge < -0.3 is 16.0 Å². The van der Waals surface area contributed by atoms with E-state index in [9.17, 15) is 19.2 Å². The van der Waals surface area contributed by atoms with Crippen LogP contribution in [0.25, 0.3) is 21.6 Å². The zero-order chi connectivity index (χ0) is 33.6. The third-order valence-electron chi connectivity index (χ3n) is 8.53. The van der Waals surface area contributed by atoms with E-state index in [2.05, 4.69) is 26.4 Å². The lowest BCUT2D eigenvalue weighted by molar-refractivity contribution is -0.135. The number of nitrogens with one attached hydrogen (secondary N) is 1. The second-order valence-corrected chi connectivity index (χ2v) is 13.6. The fourth-order valence-corrected chi connectivity index (χ4v) is 6.81. The molecule has 14 heteroatoms. The van der Waals surface area contributed by atoms with Crippen LogP contribution in [0.15, 0.2) is 58.6 Å². The monoisotopic (exact) mass is 655 g/mol. The molecule has 0 saturated carbocycles. The van der Waals surface area contributed by atoms with Gasteiger partial charge in [0.1, 0.15) is 22.4 Å². The van der Waals surface area contributed by atoms with Crippen molar-refractivity contribution in [1.82, 2.24) is 33.6 Å². The van der Waals surface area contributed by atoms with Gasteiger partial charge in [-0.25, -0.2) is 23.8 Å². The summed E-state index contributed by atoms with van der Waals surface area (Å²) >= 11 is 1.20. The highest BCUT2D eigenvalue weighted by Gasteiger charge is 2.29. The lowest BCUT2D eigenvalue weighted by Crippen LogP contribution is -2.42. The molecule has 4 aromatic heterocycles. The Labute approximate surface area is 274 Å². The van der Waals surface area contributed by atoms with Crippen molar-refractivity contribution in [2.75, 3.05) is 24.1 Å². The molecule has 6 rings (SSSR count). The molecule has 2 amide bonds. The highest BCUT2D eigenvalue weighted by Crippen LogP contribution is 2.37. The number of thiazole rings is 1. The number of nitrogens with two attached hydrogens (primary N) is 1. The maximum absolute atomic E-state index is 13.5. The maximum atomic E-state index is 13.5. The van der Waals surface area contributed by atoms with Crippen LogP contribution in [0.2, 0.25) is 0 Å². The zero-order valence-electron chi connectivity index (χ0n) is 26.9. The molecule has 1 fully saturated rings. The molecule has 1 aromatic carbocycles. The second kappa shape index (κ2) is 12.6. The summed E-state index contributed by atoms with van der Waals surface area (Å²) in [5.74, 6) is 0.0361. The molecule has 0 unspecified atom stereocenters.